The highest BCUT2D eigenvalue weighted by molar-refractivity contribution is 6.30. The lowest BCUT2D eigenvalue weighted by Crippen LogP contribution is -2.44. The van der Waals surface area contributed by atoms with E-state index >= 15 is 0 Å². The molecule has 1 fully saturated rings. The molecule has 166 valence electrons. The summed E-state index contributed by atoms with van der Waals surface area (Å²) < 4.78 is 5.98. The van der Waals surface area contributed by atoms with Gasteiger partial charge in [0.2, 0.25) is 11.8 Å². The summed E-state index contributed by atoms with van der Waals surface area (Å²) in [6.07, 6.45) is 7.43. The Hall–Kier alpha value is -3.39. The number of nitrogens with zero attached hydrogens (tertiary/aromatic N) is 3. The maximum absolute atomic E-state index is 12.9. The molecule has 2 aromatic heterocycles. The van der Waals surface area contributed by atoms with Crippen molar-refractivity contribution in [2.75, 3.05) is 13.1 Å². The van der Waals surface area contributed by atoms with Crippen LogP contribution in [0.1, 0.15) is 52.9 Å². The number of aromatic nitrogens is 2. The molecule has 2 N–H and O–H groups in total. The number of pyridine rings is 1. The van der Waals surface area contributed by atoms with E-state index < -0.39 is 5.91 Å². The van der Waals surface area contributed by atoms with Gasteiger partial charge in [-0.1, -0.05) is 23.7 Å². The maximum Gasteiger partial charge on any atom is 0.253 e. The first-order chi connectivity index (χ1) is 15.5. The number of halogens is 1. The Morgan fingerprint density at radius 3 is 2.78 bits per heavy atom. The lowest BCUT2D eigenvalue weighted by atomic mass is 10.0. The van der Waals surface area contributed by atoms with Crippen LogP contribution in [0.3, 0.4) is 0 Å². The Kier molecular flexibility index (Phi) is 6.70. The van der Waals surface area contributed by atoms with Gasteiger partial charge in [-0.05, 0) is 43.0 Å². The van der Waals surface area contributed by atoms with E-state index in [1.807, 2.05) is 24.3 Å². The predicted molar refractivity (Wildman–Crippen MR) is 117 cm³/mol. The third kappa shape index (κ3) is 5.26. The number of aromatic hydroxyl groups is 1. The van der Waals surface area contributed by atoms with Crippen molar-refractivity contribution in [3.05, 3.63) is 76.7 Å². The minimum atomic E-state index is -0.475. The van der Waals surface area contributed by atoms with E-state index in [1.165, 1.54) is 18.5 Å². The van der Waals surface area contributed by atoms with E-state index in [9.17, 15) is 14.7 Å². The molecule has 8 nitrogen and oxygen atoms in total. The molecule has 0 saturated carbocycles. The molecule has 4 rings (SSSR count). The van der Waals surface area contributed by atoms with Crippen LogP contribution in [0.4, 0.5) is 0 Å². The summed E-state index contributed by atoms with van der Waals surface area (Å²) in [7, 11) is 0. The Morgan fingerprint density at radius 1 is 1.19 bits per heavy atom. The third-order valence-corrected chi connectivity index (χ3v) is 5.61. The maximum atomic E-state index is 12.9. The molecule has 3 heterocycles. The van der Waals surface area contributed by atoms with Crippen molar-refractivity contribution in [1.82, 2.24) is 20.2 Å². The quantitative estimate of drug-likeness (QED) is 0.590. The molecule has 0 bridgehead atoms. The molecule has 3 aromatic rings. The van der Waals surface area contributed by atoms with Crippen molar-refractivity contribution in [1.29, 1.82) is 0 Å². The van der Waals surface area contributed by atoms with Crippen LogP contribution in [-0.4, -0.2) is 44.9 Å². The van der Waals surface area contributed by atoms with Crippen molar-refractivity contribution in [2.45, 2.75) is 31.7 Å². The SMILES string of the molecule is O=C(NCC(=O)N1CCCC[C@@H]1c1ncc(Cc2ccc(Cl)cc2)o1)c1cncc(O)c1. The fourth-order valence-electron chi connectivity index (χ4n) is 3.76. The first kappa shape index (κ1) is 21.8. The van der Waals surface area contributed by atoms with Crippen molar-refractivity contribution in [3.63, 3.8) is 0 Å². The third-order valence-electron chi connectivity index (χ3n) is 5.36. The molecule has 1 atom stereocenters. The monoisotopic (exact) mass is 454 g/mol. The van der Waals surface area contributed by atoms with Crippen LogP contribution in [0, 0.1) is 0 Å². The summed E-state index contributed by atoms with van der Waals surface area (Å²) in [6.45, 7) is 0.408. The largest absolute Gasteiger partial charge is 0.506 e. The van der Waals surface area contributed by atoms with Crippen LogP contribution in [-0.2, 0) is 11.2 Å². The highest BCUT2D eigenvalue weighted by atomic mass is 35.5. The zero-order valence-electron chi connectivity index (χ0n) is 17.3. The molecular formula is C23H23ClN4O4. The zero-order valence-corrected chi connectivity index (χ0v) is 18.1. The number of hydrogen-bond donors (Lipinski definition) is 2. The average molecular weight is 455 g/mol. The number of hydrogen-bond acceptors (Lipinski definition) is 6. The second kappa shape index (κ2) is 9.82. The standard InChI is InChI=1S/C23H23ClN4O4/c24-17-6-4-15(5-7-17)9-19-13-27-23(32-19)20-3-1-2-8-28(20)21(30)14-26-22(31)16-10-18(29)12-25-11-16/h4-7,10-13,20,29H,1-3,8-9,14H2,(H,26,31)/t20-/m1/s1. The highest BCUT2D eigenvalue weighted by Gasteiger charge is 2.31. The molecule has 9 heteroatoms. The van der Waals surface area contributed by atoms with Crippen molar-refractivity contribution >= 4 is 23.4 Å². The van der Waals surface area contributed by atoms with E-state index in [0.29, 0.717) is 29.6 Å². The number of carbonyl (C=O) groups excluding carboxylic acids is 2. The summed E-state index contributed by atoms with van der Waals surface area (Å²) in [5.41, 5.74) is 1.24. The first-order valence-corrected chi connectivity index (χ1v) is 10.8. The Labute approximate surface area is 190 Å². The summed E-state index contributed by atoms with van der Waals surface area (Å²) in [5.74, 6) is 0.416. The average Bonchev–Trinajstić information content (AvgIpc) is 3.27. The second-order valence-corrected chi connectivity index (χ2v) is 8.12. The summed E-state index contributed by atoms with van der Waals surface area (Å²) in [4.78, 5) is 35.1. The molecule has 1 saturated heterocycles. The number of oxazole rings is 1. The molecule has 0 spiro atoms. The fraction of sp³-hybridized carbons (Fsp3) is 0.304. The van der Waals surface area contributed by atoms with Gasteiger partial charge in [-0.2, -0.15) is 0 Å². The molecule has 0 unspecified atom stereocenters. The van der Waals surface area contributed by atoms with E-state index in [4.69, 9.17) is 16.0 Å². The minimum absolute atomic E-state index is 0.113. The fourth-order valence-corrected chi connectivity index (χ4v) is 3.89. The Morgan fingerprint density at radius 2 is 2.00 bits per heavy atom. The molecule has 0 aliphatic carbocycles. The van der Waals surface area contributed by atoms with Gasteiger partial charge in [0.05, 0.1) is 24.5 Å². The lowest BCUT2D eigenvalue weighted by molar-refractivity contribution is -0.134. The molecule has 1 aliphatic heterocycles. The number of rotatable bonds is 6. The molecule has 2 amide bonds. The van der Waals surface area contributed by atoms with E-state index in [2.05, 4.69) is 15.3 Å². The zero-order chi connectivity index (χ0) is 22.5. The van der Waals surface area contributed by atoms with Crippen molar-refractivity contribution in [2.24, 2.45) is 0 Å². The Bertz CT molecular complexity index is 1100. The van der Waals surface area contributed by atoms with Gasteiger partial charge in [0.1, 0.15) is 17.6 Å². The first-order valence-electron chi connectivity index (χ1n) is 10.4. The van der Waals surface area contributed by atoms with Crippen LogP contribution in [0.5, 0.6) is 5.75 Å². The number of likely N-dealkylation sites (tertiary alicyclic amines) is 1. The van der Waals surface area contributed by atoms with Crippen molar-refractivity contribution in [3.8, 4) is 5.75 Å². The van der Waals surface area contributed by atoms with Gasteiger partial charge in [0.25, 0.3) is 5.91 Å². The van der Waals surface area contributed by atoms with Gasteiger partial charge in [-0.3, -0.25) is 14.6 Å². The smallest absolute Gasteiger partial charge is 0.253 e. The molecule has 1 aliphatic rings. The second-order valence-electron chi connectivity index (χ2n) is 7.68. The van der Waals surface area contributed by atoms with Gasteiger partial charge >= 0.3 is 0 Å². The number of amides is 2. The number of piperidine rings is 1. The summed E-state index contributed by atoms with van der Waals surface area (Å²) in [6, 6.07) is 8.56. The van der Waals surface area contributed by atoms with E-state index in [-0.39, 0.29) is 29.8 Å². The van der Waals surface area contributed by atoms with Gasteiger partial charge in [-0.15, -0.1) is 0 Å². The molecule has 32 heavy (non-hydrogen) atoms. The van der Waals surface area contributed by atoms with E-state index in [1.54, 1.807) is 11.1 Å². The summed E-state index contributed by atoms with van der Waals surface area (Å²) >= 11 is 5.94. The Balaban J connectivity index is 1.40. The van der Waals surface area contributed by atoms with Gasteiger partial charge in [0, 0.05) is 24.2 Å². The van der Waals surface area contributed by atoms with Gasteiger partial charge in [-0.25, -0.2) is 4.98 Å². The van der Waals surface area contributed by atoms with Crippen LogP contribution in [0.25, 0.3) is 0 Å². The van der Waals surface area contributed by atoms with Gasteiger partial charge in [0.15, 0.2) is 0 Å². The van der Waals surface area contributed by atoms with Crippen LogP contribution in [0.15, 0.2) is 53.3 Å². The number of carbonyl (C=O) groups is 2. The molecular weight excluding hydrogens is 432 g/mol. The van der Waals surface area contributed by atoms with E-state index in [0.717, 1.165) is 24.8 Å². The van der Waals surface area contributed by atoms with Crippen molar-refractivity contribution < 1.29 is 19.1 Å². The normalized spacial score (nSPS) is 16.0. The van der Waals surface area contributed by atoms with Crippen LogP contribution >= 0.6 is 11.6 Å². The van der Waals surface area contributed by atoms with Crippen LogP contribution in [0.2, 0.25) is 5.02 Å². The van der Waals surface area contributed by atoms with Crippen LogP contribution < -0.4 is 5.32 Å². The number of benzene rings is 1. The highest BCUT2D eigenvalue weighted by Crippen LogP contribution is 2.31. The molecule has 1 aromatic carbocycles. The summed E-state index contributed by atoms with van der Waals surface area (Å²) in [5, 5.41) is 12.7. The topological polar surface area (TPSA) is 109 Å². The lowest BCUT2D eigenvalue weighted by Gasteiger charge is -2.33. The van der Waals surface area contributed by atoms with Gasteiger partial charge < -0.3 is 19.7 Å². The predicted octanol–water partition coefficient (Wildman–Crippen LogP) is 3.50. The minimum Gasteiger partial charge on any atom is -0.506 e. The molecule has 0 radical (unpaired) electrons. The number of nitrogens with one attached hydrogen (secondary N) is 1.